The summed E-state index contributed by atoms with van der Waals surface area (Å²) < 4.78 is 4.94. The van der Waals surface area contributed by atoms with Crippen molar-refractivity contribution in [1.82, 2.24) is 23.8 Å². The highest BCUT2D eigenvalue weighted by Gasteiger charge is 2.20. The van der Waals surface area contributed by atoms with Gasteiger partial charge in [0, 0.05) is 51.5 Å². The highest BCUT2D eigenvalue weighted by molar-refractivity contribution is 7.16. The highest BCUT2D eigenvalue weighted by atomic mass is 32.1. The number of likely N-dealkylation sites (N-methyl/N-ethyl adjacent to an activating group) is 1. The Morgan fingerprint density at radius 2 is 1.89 bits per heavy atom. The van der Waals surface area contributed by atoms with Gasteiger partial charge in [-0.25, -0.2) is 4.98 Å². The predicted octanol–water partition coefficient (Wildman–Crippen LogP) is 2.66. The monoisotopic (exact) mass is 393 g/mol. The van der Waals surface area contributed by atoms with Gasteiger partial charge in [0.1, 0.15) is 5.65 Å². The average Bonchev–Trinajstić information content (AvgIpc) is 3.21. The Morgan fingerprint density at radius 3 is 2.71 bits per heavy atom. The number of fused-ring (bicyclic) bond motifs is 2. The summed E-state index contributed by atoms with van der Waals surface area (Å²) in [6, 6.07) is 12.4. The lowest BCUT2D eigenvalue weighted by Crippen LogP contribution is -2.44. The van der Waals surface area contributed by atoms with Crippen LogP contribution in [0, 0.1) is 0 Å². The fraction of sp³-hybridized carbons (Fsp3) is 0.333. The Labute approximate surface area is 167 Å². The van der Waals surface area contributed by atoms with Crippen LogP contribution in [0.4, 0.5) is 0 Å². The summed E-state index contributed by atoms with van der Waals surface area (Å²) in [6.45, 7) is 5.18. The number of rotatable bonds is 3. The van der Waals surface area contributed by atoms with E-state index >= 15 is 0 Å². The van der Waals surface area contributed by atoms with E-state index in [1.807, 2.05) is 19.2 Å². The van der Waals surface area contributed by atoms with Gasteiger partial charge in [0.05, 0.1) is 21.6 Å². The van der Waals surface area contributed by atoms with Gasteiger partial charge in [0.25, 0.3) is 0 Å². The van der Waals surface area contributed by atoms with Crippen LogP contribution in [-0.4, -0.2) is 57.0 Å². The first-order chi connectivity index (χ1) is 13.6. The van der Waals surface area contributed by atoms with Crippen molar-refractivity contribution in [3.63, 3.8) is 0 Å². The Morgan fingerprint density at radius 1 is 1.07 bits per heavy atom. The standard InChI is InChI=1S/C21H23N5OS/c1-23-9-11-25(12-10-23)14-17-20(22-19-5-3-4-8-26(17)19)15-6-7-18-16(13-15)24(2)21(27)28-18/h3-8,13H,9-12,14H2,1-2H3. The van der Waals surface area contributed by atoms with Crippen molar-refractivity contribution in [2.45, 2.75) is 6.54 Å². The second kappa shape index (κ2) is 6.84. The number of piperazine rings is 1. The molecule has 1 aliphatic heterocycles. The molecule has 0 radical (unpaired) electrons. The zero-order chi connectivity index (χ0) is 19.3. The molecule has 5 rings (SSSR count). The van der Waals surface area contributed by atoms with Crippen LogP contribution >= 0.6 is 11.3 Å². The number of thiazole rings is 1. The van der Waals surface area contributed by atoms with Gasteiger partial charge >= 0.3 is 4.87 Å². The van der Waals surface area contributed by atoms with Gasteiger partial charge in [-0.3, -0.25) is 9.69 Å². The van der Waals surface area contributed by atoms with Crippen molar-refractivity contribution in [2.24, 2.45) is 7.05 Å². The van der Waals surface area contributed by atoms with Crippen molar-refractivity contribution >= 4 is 27.2 Å². The molecule has 1 aliphatic rings. The molecule has 1 fully saturated rings. The van der Waals surface area contributed by atoms with Crippen molar-refractivity contribution < 1.29 is 0 Å². The third-order valence-corrected chi connectivity index (χ3v) is 6.68. The van der Waals surface area contributed by atoms with E-state index in [2.05, 4.69) is 51.7 Å². The summed E-state index contributed by atoms with van der Waals surface area (Å²) in [4.78, 5) is 21.9. The van der Waals surface area contributed by atoms with Crippen LogP contribution in [0.3, 0.4) is 0 Å². The number of hydrogen-bond donors (Lipinski definition) is 0. The molecule has 0 atom stereocenters. The largest absolute Gasteiger partial charge is 0.307 e. The number of hydrogen-bond acceptors (Lipinski definition) is 5. The highest BCUT2D eigenvalue weighted by Crippen LogP contribution is 2.29. The topological polar surface area (TPSA) is 45.8 Å². The lowest BCUT2D eigenvalue weighted by atomic mass is 10.1. The third kappa shape index (κ3) is 2.96. The molecule has 144 valence electrons. The Balaban J connectivity index is 1.62. The summed E-state index contributed by atoms with van der Waals surface area (Å²) in [6.07, 6.45) is 2.09. The molecule has 0 spiro atoms. The van der Waals surface area contributed by atoms with Crippen LogP contribution in [-0.2, 0) is 13.6 Å². The van der Waals surface area contributed by atoms with E-state index in [9.17, 15) is 4.79 Å². The molecule has 4 aromatic rings. The van der Waals surface area contributed by atoms with Crippen LogP contribution in [0.25, 0.3) is 27.1 Å². The first-order valence-electron chi connectivity index (χ1n) is 9.57. The molecule has 0 N–H and O–H groups in total. The molecule has 0 unspecified atom stereocenters. The van der Waals surface area contributed by atoms with Crippen LogP contribution < -0.4 is 4.87 Å². The van der Waals surface area contributed by atoms with Crippen LogP contribution in [0.5, 0.6) is 0 Å². The second-order valence-electron chi connectivity index (χ2n) is 7.52. The zero-order valence-electron chi connectivity index (χ0n) is 16.1. The van der Waals surface area contributed by atoms with Crippen molar-refractivity contribution in [3.05, 3.63) is 58.0 Å². The van der Waals surface area contributed by atoms with Crippen LogP contribution in [0.15, 0.2) is 47.4 Å². The summed E-state index contributed by atoms with van der Waals surface area (Å²) in [7, 11) is 4.01. The van der Waals surface area contributed by atoms with Gasteiger partial charge in [-0.1, -0.05) is 23.5 Å². The average molecular weight is 394 g/mol. The summed E-state index contributed by atoms with van der Waals surface area (Å²) in [5.41, 5.74) is 5.20. The van der Waals surface area contributed by atoms with Gasteiger partial charge in [-0.2, -0.15) is 0 Å². The molecule has 0 amide bonds. The summed E-state index contributed by atoms with van der Waals surface area (Å²) >= 11 is 1.29. The van der Waals surface area contributed by atoms with Gasteiger partial charge in [0.2, 0.25) is 0 Å². The van der Waals surface area contributed by atoms with Gasteiger partial charge in [0.15, 0.2) is 0 Å². The van der Waals surface area contributed by atoms with E-state index in [0.717, 1.165) is 59.8 Å². The maximum absolute atomic E-state index is 12.0. The number of benzene rings is 1. The van der Waals surface area contributed by atoms with Crippen molar-refractivity contribution in [1.29, 1.82) is 0 Å². The van der Waals surface area contributed by atoms with E-state index in [4.69, 9.17) is 4.98 Å². The zero-order valence-corrected chi connectivity index (χ0v) is 16.9. The predicted molar refractivity (Wildman–Crippen MR) is 114 cm³/mol. The Hall–Kier alpha value is -2.48. The molecule has 4 heterocycles. The molecule has 1 aromatic carbocycles. The van der Waals surface area contributed by atoms with Gasteiger partial charge in [-0.05, 0) is 31.3 Å². The summed E-state index contributed by atoms with van der Waals surface area (Å²) in [5.74, 6) is 0. The third-order valence-electron chi connectivity index (χ3n) is 5.66. The maximum atomic E-state index is 12.0. The number of imidazole rings is 1. The lowest BCUT2D eigenvalue weighted by molar-refractivity contribution is 0.147. The van der Waals surface area contributed by atoms with Gasteiger partial charge < -0.3 is 13.9 Å². The molecule has 3 aromatic heterocycles. The first-order valence-corrected chi connectivity index (χ1v) is 10.4. The second-order valence-corrected chi connectivity index (χ2v) is 8.52. The molecule has 0 saturated carbocycles. The van der Waals surface area contributed by atoms with Crippen molar-refractivity contribution in [2.75, 3.05) is 33.2 Å². The SMILES string of the molecule is CN1CCN(Cc2c(-c3ccc4sc(=O)n(C)c4c3)nc3ccccn23)CC1. The fourth-order valence-corrected chi connectivity index (χ4v) is 4.78. The minimum absolute atomic E-state index is 0.0693. The normalized spacial score (nSPS) is 16.4. The molecule has 6 nitrogen and oxygen atoms in total. The molecular formula is C21H23N5OS. The molecule has 1 saturated heterocycles. The molecule has 0 aliphatic carbocycles. The number of aromatic nitrogens is 3. The maximum Gasteiger partial charge on any atom is 0.307 e. The minimum Gasteiger partial charge on any atom is -0.304 e. The van der Waals surface area contributed by atoms with E-state index in [1.54, 1.807) is 4.57 Å². The van der Waals surface area contributed by atoms with E-state index in [1.165, 1.54) is 17.0 Å². The quantitative estimate of drug-likeness (QED) is 0.537. The first kappa shape index (κ1) is 17.6. The van der Waals surface area contributed by atoms with Gasteiger partial charge in [-0.15, -0.1) is 0 Å². The van der Waals surface area contributed by atoms with E-state index in [-0.39, 0.29) is 4.87 Å². The summed E-state index contributed by atoms with van der Waals surface area (Å²) in [5, 5.41) is 0. The lowest BCUT2D eigenvalue weighted by Gasteiger charge is -2.32. The molecule has 7 heteroatoms. The van der Waals surface area contributed by atoms with Crippen LogP contribution in [0.1, 0.15) is 5.69 Å². The smallest absolute Gasteiger partial charge is 0.304 e. The Kier molecular flexibility index (Phi) is 4.30. The van der Waals surface area contributed by atoms with Crippen molar-refractivity contribution in [3.8, 4) is 11.3 Å². The molecule has 0 bridgehead atoms. The van der Waals surface area contributed by atoms with E-state index < -0.39 is 0 Å². The Bertz CT molecular complexity index is 1210. The number of nitrogens with zero attached hydrogens (tertiary/aromatic N) is 5. The molecular weight excluding hydrogens is 370 g/mol. The fourth-order valence-electron chi connectivity index (χ4n) is 3.92. The minimum atomic E-state index is 0.0693. The molecule has 28 heavy (non-hydrogen) atoms. The number of pyridine rings is 1. The van der Waals surface area contributed by atoms with Crippen LogP contribution in [0.2, 0.25) is 0 Å². The van der Waals surface area contributed by atoms with E-state index in [0.29, 0.717) is 0 Å². The number of aryl methyl sites for hydroxylation is 1.